The van der Waals surface area contributed by atoms with Gasteiger partial charge in [0.05, 0.1) is 12.8 Å². The van der Waals surface area contributed by atoms with E-state index >= 15 is 0 Å². The second kappa shape index (κ2) is 6.08. The number of carbonyl (C=O) groups is 1. The van der Waals surface area contributed by atoms with Gasteiger partial charge in [-0.15, -0.1) is 0 Å². The minimum atomic E-state index is -1.14. The summed E-state index contributed by atoms with van der Waals surface area (Å²) in [6.07, 6.45) is 3.42. The number of anilines is 1. The highest BCUT2D eigenvalue weighted by Crippen LogP contribution is 2.45. The highest BCUT2D eigenvalue weighted by atomic mass is 16.4. The maximum atomic E-state index is 12.1. The summed E-state index contributed by atoms with van der Waals surface area (Å²) in [5.74, 6) is 0.641. The molecule has 2 aromatic rings. The van der Waals surface area contributed by atoms with Crippen LogP contribution in [-0.2, 0) is 5.60 Å². The van der Waals surface area contributed by atoms with Crippen LogP contribution in [0.2, 0.25) is 0 Å². The Hall–Kier alpha value is -2.27. The standard InChI is InChI=1S/C18H22N2O3/c1-12-8-13(2)10-15(9-12)20-17(21)19-11-18(22,14-5-6-14)16-4-3-7-23-16/h3-4,7-10,14,22H,5-6,11H2,1-2H3,(H2,19,20,21). The van der Waals surface area contributed by atoms with E-state index in [-0.39, 0.29) is 18.5 Å². The minimum absolute atomic E-state index is 0.127. The van der Waals surface area contributed by atoms with E-state index in [1.807, 2.05) is 32.0 Å². The van der Waals surface area contributed by atoms with Crippen molar-refractivity contribution in [3.05, 3.63) is 53.5 Å². The van der Waals surface area contributed by atoms with Gasteiger partial charge in [0.15, 0.2) is 0 Å². The van der Waals surface area contributed by atoms with Gasteiger partial charge in [-0.05, 0) is 68.0 Å². The lowest BCUT2D eigenvalue weighted by atomic mass is 9.94. The van der Waals surface area contributed by atoms with Crippen LogP contribution in [0.1, 0.15) is 29.7 Å². The highest BCUT2D eigenvalue weighted by Gasteiger charge is 2.47. The second-order valence-electron chi connectivity index (χ2n) is 6.36. The first-order chi connectivity index (χ1) is 11.0. The predicted octanol–water partition coefficient (Wildman–Crippen LogP) is 3.32. The summed E-state index contributed by atoms with van der Waals surface area (Å²) in [6.45, 7) is 4.10. The Balaban J connectivity index is 1.63. The fourth-order valence-corrected chi connectivity index (χ4v) is 2.96. The van der Waals surface area contributed by atoms with Gasteiger partial charge in [-0.25, -0.2) is 4.79 Å². The van der Waals surface area contributed by atoms with Crippen LogP contribution >= 0.6 is 0 Å². The van der Waals surface area contributed by atoms with Gasteiger partial charge in [0, 0.05) is 5.69 Å². The Kier molecular flexibility index (Phi) is 4.13. The zero-order valence-corrected chi connectivity index (χ0v) is 13.4. The molecule has 23 heavy (non-hydrogen) atoms. The van der Waals surface area contributed by atoms with Gasteiger partial charge in [-0.1, -0.05) is 6.07 Å². The van der Waals surface area contributed by atoms with Crippen molar-refractivity contribution in [2.24, 2.45) is 5.92 Å². The topological polar surface area (TPSA) is 74.5 Å². The lowest BCUT2D eigenvalue weighted by Gasteiger charge is -2.26. The van der Waals surface area contributed by atoms with Gasteiger partial charge in [-0.2, -0.15) is 0 Å². The molecule has 1 aromatic heterocycles. The highest BCUT2D eigenvalue weighted by molar-refractivity contribution is 5.89. The molecule has 0 radical (unpaired) electrons. The lowest BCUT2D eigenvalue weighted by Crippen LogP contribution is -2.43. The third kappa shape index (κ3) is 3.56. The van der Waals surface area contributed by atoms with Crippen LogP contribution in [0.4, 0.5) is 10.5 Å². The summed E-state index contributed by atoms with van der Waals surface area (Å²) < 4.78 is 5.36. The van der Waals surface area contributed by atoms with E-state index in [9.17, 15) is 9.90 Å². The molecular formula is C18H22N2O3. The van der Waals surface area contributed by atoms with Gasteiger partial charge in [0.25, 0.3) is 0 Å². The summed E-state index contributed by atoms with van der Waals surface area (Å²) >= 11 is 0. The number of aliphatic hydroxyl groups is 1. The Morgan fingerprint density at radius 2 is 2.00 bits per heavy atom. The zero-order valence-electron chi connectivity index (χ0n) is 13.4. The fourth-order valence-electron chi connectivity index (χ4n) is 2.96. The Morgan fingerprint density at radius 1 is 1.30 bits per heavy atom. The first kappa shape index (κ1) is 15.6. The van der Waals surface area contributed by atoms with Crippen molar-refractivity contribution in [2.75, 3.05) is 11.9 Å². The van der Waals surface area contributed by atoms with Gasteiger partial charge < -0.3 is 20.2 Å². The number of hydrogen-bond donors (Lipinski definition) is 3. The Labute approximate surface area is 135 Å². The number of rotatable bonds is 5. The number of benzene rings is 1. The first-order valence-corrected chi connectivity index (χ1v) is 7.87. The number of furan rings is 1. The molecule has 5 heteroatoms. The average molecular weight is 314 g/mol. The van der Waals surface area contributed by atoms with E-state index < -0.39 is 5.60 Å². The van der Waals surface area contributed by atoms with Gasteiger partial charge in [0.1, 0.15) is 11.4 Å². The molecular weight excluding hydrogens is 292 g/mol. The van der Waals surface area contributed by atoms with Crippen molar-refractivity contribution in [3.63, 3.8) is 0 Å². The molecule has 1 aliphatic carbocycles. The van der Waals surface area contributed by atoms with Crippen LogP contribution < -0.4 is 10.6 Å². The van der Waals surface area contributed by atoms with Crippen LogP contribution in [0.25, 0.3) is 0 Å². The fraction of sp³-hybridized carbons (Fsp3) is 0.389. The van der Waals surface area contributed by atoms with Crippen LogP contribution in [0.5, 0.6) is 0 Å². The van der Waals surface area contributed by atoms with Crippen molar-refractivity contribution >= 4 is 11.7 Å². The Morgan fingerprint density at radius 3 is 2.57 bits per heavy atom. The van der Waals surface area contributed by atoms with E-state index in [4.69, 9.17) is 4.42 Å². The third-order valence-electron chi connectivity index (χ3n) is 4.20. The lowest BCUT2D eigenvalue weighted by molar-refractivity contribution is -0.00414. The average Bonchev–Trinajstić information content (AvgIpc) is 3.19. The molecule has 1 atom stereocenters. The molecule has 0 spiro atoms. The number of amides is 2. The van der Waals surface area contributed by atoms with Crippen molar-refractivity contribution in [2.45, 2.75) is 32.3 Å². The number of hydrogen-bond acceptors (Lipinski definition) is 3. The molecule has 1 aromatic carbocycles. The molecule has 0 saturated heterocycles. The molecule has 1 heterocycles. The van der Waals surface area contributed by atoms with E-state index in [0.29, 0.717) is 5.76 Å². The molecule has 122 valence electrons. The van der Waals surface area contributed by atoms with Crippen LogP contribution in [-0.4, -0.2) is 17.7 Å². The molecule has 3 N–H and O–H groups in total. The minimum Gasteiger partial charge on any atom is -0.466 e. The maximum absolute atomic E-state index is 12.1. The number of aryl methyl sites for hydroxylation is 2. The molecule has 2 amide bonds. The van der Waals surface area contributed by atoms with E-state index in [2.05, 4.69) is 10.6 Å². The molecule has 1 saturated carbocycles. The maximum Gasteiger partial charge on any atom is 0.319 e. The van der Waals surface area contributed by atoms with Crippen molar-refractivity contribution in [1.82, 2.24) is 5.32 Å². The van der Waals surface area contributed by atoms with Crippen molar-refractivity contribution < 1.29 is 14.3 Å². The van der Waals surface area contributed by atoms with Gasteiger partial charge in [0.2, 0.25) is 0 Å². The summed E-state index contributed by atoms with van der Waals surface area (Å²) in [4.78, 5) is 12.1. The van der Waals surface area contributed by atoms with Crippen LogP contribution in [0, 0.1) is 19.8 Å². The summed E-state index contributed by atoms with van der Waals surface area (Å²) in [7, 11) is 0. The monoisotopic (exact) mass is 314 g/mol. The molecule has 0 bridgehead atoms. The molecule has 1 fully saturated rings. The smallest absolute Gasteiger partial charge is 0.319 e. The molecule has 1 unspecified atom stereocenters. The number of urea groups is 1. The largest absolute Gasteiger partial charge is 0.466 e. The second-order valence-corrected chi connectivity index (χ2v) is 6.36. The number of carbonyl (C=O) groups excluding carboxylic acids is 1. The van der Waals surface area contributed by atoms with Crippen LogP contribution in [0.3, 0.4) is 0 Å². The number of nitrogens with one attached hydrogen (secondary N) is 2. The van der Waals surface area contributed by atoms with E-state index in [0.717, 1.165) is 29.7 Å². The molecule has 3 rings (SSSR count). The van der Waals surface area contributed by atoms with Crippen molar-refractivity contribution in [3.8, 4) is 0 Å². The summed E-state index contributed by atoms with van der Waals surface area (Å²) in [5.41, 5.74) is 1.78. The molecule has 5 nitrogen and oxygen atoms in total. The SMILES string of the molecule is Cc1cc(C)cc(NC(=O)NCC(O)(c2ccco2)C2CC2)c1. The van der Waals surface area contributed by atoms with E-state index in [1.165, 1.54) is 6.26 Å². The molecule has 1 aliphatic rings. The predicted molar refractivity (Wildman–Crippen MR) is 88.3 cm³/mol. The van der Waals surface area contributed by atoms with Crippen LogP contribution in [0.15, 0.2) is 41.0 Å². The van der Waals surface area contributed by atoms with Gasteiger partial charge in [-0.3, -0.25) is 0 Å². The summed E-state index contributed by atoms with van der Waals surface area (Å²) in [5, 5.41) is 16.4. The first-order valence-electron chi connectivity index (χ1n) is 7.87. The Bertz CT molecular complexity index is 672. The molecule has 0 aliphatic heterocycles. The third-order valence-corrected chi connectivity index (χ3v) is 4.20. The normalized spacial score (nSPS) is 16.7. The van der Waals surface area contributed by atoms with Crippen molar-refractivity contribution in [1.29, 1.82) is 0 Å². The van der Waals surface area contributed by atoms with Gasteiger partial charge >= 0.3 is 6.03 Å². The quantitative estimate of drug-likeness (QED) is 0.792. The van der Waals surface area contributed by atoms with E-state index in [1.54, 1.807) is 12.1 Å². The zero-order chi connectivity index (χ0) is 16.4. The summed E-state index contributed by atoms with van der Waals surface area (Å²) in [6, 6.07) is 9.03.